The van der Waals surface area contributed by atoms with Crippen molar-refractivity contribution < 1.29 is 9.53 Å². The van der Waals surface area contributed by atoms with Crippen LogP contribution in [0.25, 0.3) is 0 Å². The lowest BCUT2D eigenvalue weighted by Crippen LogP contribution is -2.13. The van der Waals surface area contributed by atoms with Gasteiger partial charge in [0, 0.05) is 16.8 Å². The van der Waals surface area contributed by atoms with Crippen LogP contribution in [0, 0.1) is 11.3 Å². The molecule has 1 amide bonds. The molecule has 7 heteroatoms. The molecule has 6 nitrogen and oxygen atoms in total. The number of rotatable bonds is 5. The first-order valence-electron chi connectivity index (χ1n) is 7.98. The second-order valence-electron chi connectivity index (χ2n) is 5.51. The fourth-order valence-corrected chi connectivity index (χ4v) is 2.61. The van der Waals surface area contributed by atoms with E-state index in [1.165, 1.54) is 13.3 Å². The van der Waals surface area contributed by atoms with Crippen LogP contribution < -0.4 is 15.4 Å². The Labute approximate surface area is 161 Å². The Bertz CT molecular complexity index is 1030. The molecule has 0 aliphatic rings. The van der Waals surface area contributed by atoms with Gasteiger partial charge in [0.15, 0.2) is 0 Å². The van der Waals surface area contributed by atoms with Gasteiger partial charge in [0.25, 0.3) is 5.91 Å². The highest BCUT2D eigenvalue weighted by atomic mass is 35.5. The summed E-state index contributed by atoms with van der Waals surface area (Å²) in [6, 6.07) is 17.3. The van der Waals surface area contributed by atoms with E-state index < -0.39 is 0 Å². The highest BCUT2D eigenvalue weighted by molar-refractivity contribution is 6.31. The van der Waals surface area contributed by atoms with Crippen molar-refractivity contribution in [3.05, 3.63) is 76.9 Å². The van der Waals surface area contributed by atoms with Crippen LogP contribution in [0.1, 0.15) is 15.9 Å². The first kappa shape index (κ1) is 18.2. The van der Waals surface area contributed by atoms with Gasteiger partial charge in [-0.25, -0.2) is 4.98 Å². The summed E-state index contributed by atoms with van der Waals surface area (Å²) in [4.78, 5) is 16.8. The SMILES string of the molecule is COc1ccc(Cl)cc1NC(=O)c1ccnc(Nc2ccccc2C#N)c1. The smallest absolute Gasteiger partial charge is 0.255 e. The first-order chi connectivity index (χ1) is 13.1. The van der Waals surface area contributed by atoms with E-state index in [2.05, 4.69) is 21.7 Å². The van der Waals surface area contributed by atoms with Gasteiger partial charge in [-0.2, -0.15) is 5.26 Å². The van der Waals surface area contributed by atoms with Gasteiger partial charge in [-0.1, -0.05) is 23.7 Å². The van der Waals surface area contributed by atoms with Crippen molar-refractivity contribution >= 4 is 34.7 Å². The highest BCUT2D eigenvalue weighted by Gasteiger charge is 2.12. The molecule has 0 aliphatic carbocycles. The number of amides is 1. The molecule has 134 valence electrons. The lowest BCUT2D eigenvalue weighted by atomic mass is 10.2. The summed E-state index contributed by atoms with van der Waals surface area (Å²) in [5, 5.41) is 15.5. The normalized spacial score (nSPS) is 9.96. The summed E-state index contributed by atoms with van der Waals surface area (Å²) >= 11 is 5.99. The summed E-state index contributed by atoms with van der Waals surface area (Å²) in [5.74, 6) is 0.612. The van der Waals surface area contributed by atoms with Gasteiger partial charge < -0.3 is 15.4 Å². The number of hydrogen-bond acceptors (Lipinski definition) is 5. The van der Waals surface area contributed by atoms with Gasteiger partial charge in [0.2, 0.25) is 0 Å². The summed E-state index contributed by atoms with van der Waals surface area (Å²) in [5.41, 5.74) is 1.96. The maximum absolute atomic E-state index is 12.6. The number of pyridine rings is 1. The third-order valence-corrected chi connectivity index (χ3v) is 3.98. The molecule has 27 heavy (non-hydrogen) atoms. The van der Waals surface area contributed by atoms with Gasteiger partial charge in [0.1, 0.15) is 17.6 Å². The Morgan fingerprint density at radius 1 is 1.15 bits per heavy atom. The molecule has 1 aromatic heterocycles. The first-order valence-corrected chi connectivity index (χ1v) is 8.35. The van der Waals surface area contributed by atoms with Gasteiger partial charge in [-0.15, -0.1) is 0 Å². The minimum absolute atomic E-state index is 0.338. The van der Waals surface area contributed by atoms with E-state index in [9.17, 15) is 10.1 Å². The average molecular weight is 379 g/mol. The van der Waals surface area contributed by atoms with Crippen LogP contribution in [0.15, 0.2) is 60.8 Å². The van der Waals surface area contributed by atoms with Crippen LogP contribution >= 0.6 is 11.6 Å². The van der Waals surface area contributed by atoms with Crippen LogP contribution in [0.5, 0.6) is 5.75 Å². The number of ether oxygens (including phenoxy) is 1. The third kappa shape index (κ3) is 4.35. The van der Waals surface area contributed by atoms with Crippen molar-refractivity contribution in [1.29, 1.82) is 5.26 Å². The molecule has 0 saturated carbocycles. The Kier molecular flexibility index (Phi) is 5.55. The lowest BCUT2D eigenvalue weighted by molar-refractivity contribution is 0.102. The van der Waals surface area contributed by atoms with E-state index in [1.807, 2.05) is 6.07 Å². The third-order valence-electron chi connectivity index (χ3n) is 3.74. The number of para-hydroxylation sites is 1. The number of nitrogens with one attached hydrogen (secondary N) is 2. The number of benzene rings is 2. The molecule has 1 heterocycles. The second-order valence-corrected chi connectivity index (χ2v) is 5.95. The van der Waals surface area contributed by atoms with E-state index in [4.69, 9.17) is 16.3 Å². The number of methoxy groups -OCH3 is 1. The summed E-state index contributed by atoms with van der Waals surface area (Å²) in [6.07, 6.45) is 1.52. The molecule has 2 N–H and O–H groups in total. The minimum atomic E-state index is -0.338. The van der Waals surface area contributed by atoms with E-state index in [0.717, 1.165) is 0 Å². The van der Waals surface area contributed by atoms with Crippen LogP contribution in [0.2, 0.25) is 5.02 Å². The maximum atomic E-state index is 12.6. The largest absolute Gasteiger partial charge is 0.495 e. The van der Waals surface area contributed by atoms with Crippen molar-refractivity contribution in [2.45, 2.75) is 0 Å². The predicted molar refractivity (Wildman–Crippen MR) is 105 cm³/mol. The second kappa shape index (κ2) is 8.21. The van der Waals surface area contributed by atoms with E-state index in [-0.39, 0.29) is 5.91 Å². The standard InChI is InChI=1S/C20H15ClN4O2/c1-27-18-7-6-15(21)11-17(18)25-20(26)13-8-9-23-19(10-13)24-16-5-3-2-4-14(16)12-22/h2-11H,1H3,(H,23,24)(H,25,26). The van der Waals surface area contributed by atoms with E-state index in [0.29, 0.717) is 39.1 Å². The molecule has 0 unspecified atom stereocenters. The average Bonchev–Trinajstić information content (AvgIpc) is 2.69. The topological polar surface area (TPSA) is 87.0 Å². The fraction of sp³-hybridized carbons (Fsp3) is 0.0500. The molecule has 0 aliphatic heterocycles. The van der Waals surface area contributed by atoms with E-state index in [1.54, 1.807) is 48.5 Å². The quantitative estimate of drug-likeness (QED) is 0.676. The molecule has 2 aromatic carbocycles. The zero-order valence-corrected chi connectivity index (χ0v) is 15.1. The Hall–Kier alpha value is -3.56. The molecule has 3 aromatic rings. The number of nitrogens with zero attached hydrogens (tertiary/aromatic N) is 2. The van der Waals surface area contributed by atoms with Crippen LogP contribution in [-0.4, -0.2) is 18.0 Å². The van der Waals surface area contributed by atoms with Gasteiger partial charge >= 0.3 is 0 Å². The van der Waals surface area contributed by atoms with Crippen molar-refractivity contribution in [3.8, 4) is 11.8 Å². The van der Waals surface area contributed by atoms with Gasteiger partial charge in [-0.3, -0.25) is 4.79 Å². The van der Waals surface area contributed by atoms with Crippen molar-refractivity contribution in [2.75, 3.05) is 17.7 Å². The molecular formula is C20H15ClN4O2. The van der Waals surface area contributed by atoms with Crippen molar-refractivity contribution in [1.82, 2.24) is 4.98 Å². The molecule has 0 spiro atoms. The zero-order valence-electron chi connectivity index (χ0n) is 14.4. The Morgan fingerprint density at radius 2 is 1.96 bits per heavy atom. The summed E-state index contributed by atoms with van der Waals surface area (Å²) in [6.45, 7) is 0. The number of nitriles is 1. The minimum Gasteiger partial charge on any atom is -0.495 e. The number of aromatic nitrogens is 1. The van der Waals surface area contributed by atoms with Crippen molar-refractivity contribution in [3.63, 3.8) is 0 Å². The van der Waals surface area contributed by atoms with Crippen LogP contribution in [0.3, 0.4) is 0 Å². The molecule has 0 saturated heterocycles. The molecule has 0 atom stereocenters. The monoisotopic (exact) mass is 378 g/mol. The van der Waals surface area contributed by atoms with E-state index >= 15 is 0 Å². The Balaban J connectivity index is 1.82. The summed E-state index contributed by atoms with van der Waals surface area (Å²) in [7, 11) is 1.51. The Morgan fingerprint density at radius 3 is 2.74 bits per heavy atom. The number of halogens is 1. The maximum Gasteiger partial charge on any atom is 0.255 e. The van der Waals surface area contributed by atoms with Crippen molar-refractivity contribution in [2.24, 2.45) is 0 Å². The van der Waals surface area contributed by atoms with Crippen LogP contribution in [-0.2, 0) is 0 Å². The molecule has 0 bridgehead atoms. The van der Waals surface area contributed by atoms with Gasteiger partial charge in [-0.05, 0) is 42.5 Å². The van der Waals surface area contributed by atoms with Gasteiger partial charge in [0.05, 0.1) is 24.0 Å². The number of carbonyl (C=O) groups is 1. The van der Waals surface area contributed by atoms with Crippen LogP contribution in [0.4, 0.5) is 17.2 Å². The summed E-state index contributed by atoms with van der Waals surface area (Å²) < 4.78 is 5.24. The number of carbonyl (C=O) groups excluding carboxylic acids is 1. The highest BCUT2D eigenvalue weighted by Crippen LogP contribution is 2.28. The molecule has 3 rings (SSSR count). The fourth-order valence-electron chi connectivity index (χ4n) is 2.44. The number of hydrogen-bond donors (Lipinski definition) is 2. The molecule has 0 radical (unpaired) electrons. The number of anilines is 3. The zero-order chi connectivity index (χ0) is 19.2. The molecule has 0 fully saturated rings. The lowest BCUT2D eigenvalue weighted by Gasteiger charge is -2.12. The molecular weight excluding hydrogens is 364 g/mol. The predicted octanol–water partition coefficient (Wildman–Crippen LogP) is 4.61.